The molecular formula is C17H39NO. The predicted octanol–water partition coefficient (Wildman–Crippen LogP) is 4.86. The van der Waals surface area contributed by atoms with Crippen LogP contribution in [0.25, 0.3) is 0 Å². The van der Waals surface area contributed by atoms with Crippen molar-refractivity contribution in [2.75, 3.05) is 26.2 Å². The molecule has 0 spiro atoms. The van der Waals surface area contributed by atoms with Crippen LogP contribution >= 0.6 is 0 Å². The molecule has 0 rings (SSSR count). The van der Waals surface area contributed by atoms with E-state index in [1.54, 1.807) is 0 Å². The van der Waals surface area contributed by atoms with Crippen molar-refractivity contribution < 1.29 is 5.11 Å². The lowest BCUT2D eigenvalue weighted by molar-refractivity contribution is 0.249. The largest absolute Gasteiger partial charge is 0.396 e. The summed E-state index contributed by atoms with van der Waals surface area (Å²) >= 11 is 0. The first-order chi connectivity index (χ1) is 9.26. The van der Waals surface area contributed by atoms with Gasteiger partial charge in [0.15, 0.2) is 0 Å². The molecule has 0 fully saturated rings. The lowest BCUT2D eigenvalue weighted by atomic mass is 10.2. The molecule has 19 heavy (non-hydrogen) atoms. The third kappa shape index (κ3) is 20.4. The van der Waals surface area contributed by atoms with Crippen molar-refractivity contribution in [2.24, 2.45) is 0 Å². The van der Waals surface area contributed by atoms with Crippen molar-refractivity contribution in [3.63, 3.8) is 0 Å². The molecule has 1 N–H and O–H groups in total. The van der Waals surface area contributed by atoms with Crippen molar-refractivity contribution in [3.8, 4) is 0 Å². The molecule has 0 radical (unpaired) electrons. The molecule has 0 aromatic heterocycles. The van der Waals surface area contributed by atoms with Gasteiger partial charge in [0.25, 0.3) is 0 Å². The Morgan fingerprint density at radius 1 is 0.579 bits per heavy atom. The number of nitrogens with zero attached hydrogens (tertiary/aromatic N) is 1. The Labute approximate surface area is 122 Å². The van der Waals surface area contributed by atoms with Crippen molar-refractivity contribution in [3.05, 3.63) is 0 Å². The van der Waals surface area contributed by atoms with Gasteiger partial charge in [0.2, 0.25) is 0 Å². The predicted molar refractivity (Wildman–Crippen MR) is 87.8 cm³/mol. The van der Waals surface area contributed by atoms with E-state index < -0.39 is 0 Å². The first-order valence-electron chi connectivity index (χ1n) is 8.59. The highest BCUT2D eigenvalue weighted by Gasteiger charge is 2.02. The molecule has 0 heterocycles. The number of aliphatic hydroxyl groups excluding tert-OH is 1. The SMILES string of the molecule is CCCC.CCCCCN(CCC)CCCCCO. The summed E-state index contributed by atoms with van der Waals surface area (Å²) in [7, 11) is 0. The van der Waals surface area contributed by atoms with Gasteiger partial charge in [0.05, 0.1) is 0 Å². The smallest absolute Gasteiger partial charge is 0.0431 e. The standard InChI is InChI=1S/C13H29NO.C4H10/c1-3-5-7-11-14(10-4-2)12-8-6-9-13-15;1-3-4-2/h15H,3-13H2,1-2H3;3-4H2,1-2H3. The van der Waals surface area contributed by atoms with Gasteiger partial charge < -0.3 is 10.0 Å². The molecule has 0 aliphatic rings. The van der Waals surface area contributed by atoms with E-state index in [4.69, 9.17) is 5.11 Å². The highest BCUT2D eigenvalue weighted by atomic mass is 16.2. The van der Waals surface area contributed by atoms with Gasteiger partial charge in [-0.3, -0.25) is 0 Å². The lowest BCUT2D eigenvalue weighted by Crippen LogP contribution is -2.27. The van der Waals surface area contributed by atoms with Gasteiger partial charge in [-0.15, -0.1) is 0 Å². The monoisotopic (exact) mass is 273 g/mol. The number of aliphatic hydroxyl groups is 1. The molecular weight excluding hydrogens is 234 g/mol. The van der Waals surface area contributed by atoms with Gasteiger partial charge >= 0.3 is 0 Å². The summed E-state index contributed by atoms with van der Waals surface area (Å²) in [6.45, 7) is 12.9. The molecule has 2 nitrogen and oxygen atoms in total. The van der Waals surface area contributed by atoms with Crippen molar-refractivity contribution >= 4 is 0 Å². The number of rotatable bonds is 12. The zero-order chi connectivity index (χ0) is 14.8. The van der Waals surface area contributed by atoms with E-state index in [9.17, 15) is 0 Å². The fourth-order valence-electron chi connectivity index (χ4n) is 1.86. The maximum Gasteiger partial charge on any atom is 0.0431 e. The van der Waals surface area contributed by atoms with Crippen LogP contribution in [0, 0.1) is 0 Å². The zero-order valence-corrected chi connectivity index (χ0v) is 14.1. The minimum Gasteiger partial charge on any atom is -0.396 e. The van der Waals surface area contributed by atoms with E-state index in [0.717, 1.165) is 6.42 Å². The molecule has 0 aliphatic heterocycles. The molecule has 0 unspecified atom stereocenters. The first kappa shape index (κ1) is 21.2. The van der Waals surface area contributed by atoms with Crippen LogP contribution in [0.2, 0.25) is 0 Å². The molecule has 0 aromatic rings. The van der Waals surface area contributed by atoms with Gasteiger partial charge in [0.1, 0.15) is 0 Å². The summed E-state index contributed by atoms with van der Waals surface area (Å²) in [6.07, 6.45) is 11.3. The van der Waals surface area contributed by atoms with Crippen LogP contribution in [0.1, 0.15) is 85.5 Å². The van der Waals surface area contributed by atoms with Crippen LogP contribution in [-0.2, 0) is 0 Å². The van der Waals surface area contributed by atoms with Gasteiger partial charge in [-0.25, -0.2) is 0 Å². The Kier molecular flexibility index (Phi) is 22.6. The Bertz CT molecular complexity index is 137. The normalized spacial score (nSPS) is 10.4. The highest BCUT2D eigenvalue weighted by Crippen LogP contribution is 2.03. The molecule has 118 valence electrons. The molecule has 0 aliphatic carbocycles. The van der Waals surface area contributed by atoms with Crippen LogP contribution in [0.4, 0.5) is 0 Å². The van der Waals surface area contributed by atoms with E-state index in [0.29, 0.717) is 6.61 Å². The Balaban J connectivity index is 0. The van der Waals surface area contributed by atoms with E-state index >= 15 is 0 Å². The van der Waals surface area contributed by atoms with Crippen molar-refractivity contribution in [1.82, 2.24) is 4.90 Å². The minimum atomic E-state index is 0.351. The van der Waals surface area contributed by atoms with Crippen LogP contribution < -0.4 is 0 Å². The van der Waals surface area contributed by atoms with E-state index in [-0.39, 0.29) is 0 Å². The minimum absolute atomic E-state index is 0.351. The Hall–Kier alpha value is -0.0800. The number of unbranched alkanes of at least 4 members (excludes halogenated alkanes) is 5. The Morgan fingerprint density at radius 3 is 1.58 bits per heavy atom. The molecule has 0 bridgehead atoms. The average molecular weight is 274 g/mol. The quantitative estimate of drug-likeness (QED) is 0.513. The molecule has 2 heteroatoms. The maximum atomic E-state index is 8.69. The van der Waals surface area contributed by atoms with Crippen LogP contribution in [0.3, 0.4) is 0 Å². The molecule has 0 aromatic carbocycles. The van der Waals surface area contributed by atoms with Gasteiger partial charge in [-0.1, -0.05) is 53.4 Å². The summed E-state index contributed by atoms with van der Waals surface area (Å²) in [4.78, 5) is 2.58. The van der Waals surface area contributed by atoms with Crippen molar-refractivity contribution in [2.45, 2.75) is 85.5 Å². The second kappa shape index (κ2) is 20.2. The van der Waals surface area contributed by atoms with Gasteiger partial charge in [-0.2, -0.15) is 0 Å². The van der Waals surface area contributed by atoms with Crippen LogP contribution in [0.5, 0.6) is 0 Å². The van der Waals surface area contributed by atoms with E-state index in [1.807, 2.05) is 0 Å². The molecule has 0 saturated carbocycles. The summed E-state index contributed by atoms with van der Waals surface area (Å²) in [6, 6.07) is 0. The first-order valence-corrected chi connectivity index (χ1v) is 8.59. The highest BCUT2D eigenvalue weighted by molar-refractivity contribution is 4.57. The van der Waals surface area contributed by atoms with Crippen molar-refractivity contribution in [1.29, 1.82) is 0 Å². The second-order valence-corrected chi connectivity index (χ2v) is 5.33. The topological polar surface area (TPSA) is 23.5 Å². The summed E-state index contributed by atoms with van der Waals surface area (Å²) < 4.78 is 0. The molecule has 0 atom stereocenters. The van der Waals surface area contributed by atoms with Gasteiger partial charge in [-0.05, 0) is 51.7 Å². The van der Waals surface area contributed by atoms with Gasteiger partial charge in [0, 0.05) is 6.61 Å². The average Bonchev–Trinajstić information content (AvgIpc) is 2.44. The van der Waals surface area contributed by atoms with Crippen LogP contribution in [-0.4, -0.2) is 36.2 Å². The van der Waals surface area contributed by atoms with E-state index in [1.165, 1.54) is 71.0 Å². The lowest BCUT2D eigenvalue weighted by Gasteiger charge is -2.21. The summed E-state index contributed by atoms with van der Waals surface area (Å²) in [5.41, 5.74) is 0. The number of hydrogen-bond acceptors (Lipinski definition) is 2. The van der Waals surface area contributed by atoms with E-state index in [2.05, 4.69) is 32.6 Å². The molecule has 0 saturated heterocycles. The zero-order valence-electron chi connectivity index (χ0n) is 14.1. The van der Waals surface area contributed by atoms with Crippen LogP contribution in [0.15, 0.2) is 0 Å². The summed E-state index contributed by atoms with van der Waals surface area (Å²) in [5, 5.41) is 8.69. The fraction of sp³-hybridized carbons (Fsp3) is 1.00. The molecule has 0 amide bonds. The fourth-order valence-corrected chi connectivity index (χ4v) is 1.86. The summed E-state index contributed by atoms with van der Waals surface area (Å²) in [5.74, 6) is 0. The third-order valence-electron chi connectivity index (χ3n) is 3.25. The second-order valence-electron chi connectivity index (χ2n) is 5.33. The number of hydrogen-bond donors (Lipinski definition) is 1. The maximum absolute atomic E-state index is 8.69. The third-order valence-corrected chi connectivity index (χ3v) is 3.25. The Morgan fingerprint density at radius 2 is 1.16 bits per heavy atom.